The van der Waals surface area contributed by atoms with E-state index < -0.39 is 0 Å². The first-order chi connectivity index (χ1) is 17.0. The molecule has 0 spiro atoms. The monoisotopic (exact) mass is 475 g/mol. The summed E-state index contributed by atoms with van der Waals surface area (Å²) in [5.74, 6) is 3.03. The van der Waals surface area contributed by atoms with E-state index in [1.807, 2.05) is 51.1 Å². The number of amides is 1. The lowest BCUT2D eigenvalue weighted by atomic mass is 9.85. The van der Waals surface area contributed by atoms with Crippen molar-refractivity contribution in [3.05, 3.63) is 53.0 Å². The van der Waals surface area contributed by atoms with Crippen molar-refractivity contribution < 1.29 is 14.3 Å². The van der Waals surface area contributed by atoms with Crippen molar-refractivity contribution in [1.82, 2.24) is 29.6 Å². The highest BCUT2D eigenvalue weighted by Gasteiger charge is 2.33. The summed E-state index contributed by atoms with van der Waals surface area (Å²) in [7, 11) is 0. The van der Waals surface area contributed by atoms with Gasteiger partial charge in [0.05, 0.1) is 18.9 Å². The second-order valence-corrected chi connectivity index (χ2v) is 8.61. The van der Waals surface area contributed by atoms with Gasteiger partial charge in [-0.3, -0.25) is 4.79 Å². The minimum atomic E-state index is -0.170. The number of carbonyl (C=O) groups excluding carboxylic acids is 1. The van der Waals surface area contributed by atoms with Crippen LogP contribution in [0.25, 0.3) is 11.5 Å². The molecule has 4 heterocycles. The molecule has 0 saturated heterocycles. The van der Waals surface area contributed by atoms with Crippen LogP contribution in [0.15, 0.2) is 30.3 Å². The van der Waals surface area contributed by atoms with Gasteiger partial charge in [-0.15, -0.1) is 15.3 Å². The zero-order chi connectivity index (χ0) is 24.5. The highest BCUT2D eigenvalue weighted by molar-refractivity contribution is 5.95. The molecule has 0 radical (unpaired) electrons. The summed E-state index contributed by atoms with van der Waals surface area (Å²) in [4.78, 5) is 12.8. The number of nitrogens with one attached hydrogen (secondary N) is 1. The maximum absolute atomic E-state index is 12.8. The molecule has 0 unspecified atom stereocenters. The number of aryl methyl sites for hydroxylation is 2. The van der Waals surface area contributed by atoms with Gasteiger partial charge in [0.25, 0.3) is 0 Å². The van der Waals surface area contributed by atoms with Gasteiger partial charge in [-0.2, -0.15) is 14.3 Å². The van der Waals surface area contributed by atoms with Crippen molar-refractivity contribution in [2.75, 3.05) is 18.5 Å². The molecule has 0 fully saturated rings. The summed E-state index contributed by atoms with van der Waals surface area (Å²) >= 11 is 0. The molecule has 10 heteroatoms. The van der Waals surface area contributed by atoms with E-state index in [9.17, 15) is 4.79 Å². The van der Waals surface area contributed by atoms with E-state index in [-0.39, 0.29) is 11.8 Å². The molecule has 1 aliphatic rings. The average Bonchev–Trinajstić information content (AvgIpc) is 3.39. The Balaban J connectivity index is 1.56. The van der Waals surface area contributed by atoms with Crippen LogP contribution in [-0.2, 0) is 4.79 Å². The third-order valence-electron chi connectivity index (χ3n) is 6.15. The molecule has 1 aromatic carbocycles. The Kier molecular flexibility index (Phi) is 6.10. The van der Waals surface area contributed by atoms with Gasteiger partial charge in [-0.1, -0.05) is 19.4 Å². The third-order valence-corrected chi connectivity index (χ3v) is 6.15. The van der Waals surface area contributed by atoms with Crippen LogP contribution in [0.5, 0.6) is 11.5 Å². The van der Waals surface area contributed by atoms with E-state index in [0.717, 1.165) is 35.4 Å². The highest BCUT2D eigenvalue weighted by Crippen LogP contribution is 2.42. The van der Waals surface area contributed by atoms with Crippen LogP contribution in [-0.4, -0.2) is 48.7 Å². The van der Waals surface area contributed by atoms with Crippen LogP contribution in [0.2, 0.25) is 0 Å². The SMILES string of the molecule is CCCCOc1ccc([C@H]2CC(=O)Nc3c2c(C)nn3-c2ccc3nnc(C)n3n2)cc1OCC. The van der Waals surface area contributed by atoms with Gasteiger partial charge < -0.3 is 14.8 Å². The smallest absolute Gasteiger partial charge is 0.226 e. The predicted molar refractivity (Wildman–Crippen MR) is 130 cm³/mol. The van der Waals surface area contributed by atoms with Crippen LogP contribution in [0.1, 0.15) is 61.7 Å². The standard InChI is InChI=1S/C25H29N7O3/c1-5-7-12-35-19-9-8-17(13-20(19)34-6-2)18-14-23(33)26-25-24(18)15(3)29-32(25)22-11-10-21-28-27-16(4)31(21)30-22/h8-11,13,18H,5-7,12,14H2,1-4H3,(H,26,33)/t18-/m1/s1. The second kappa shape index (κ2) is 9.36. The molecule has 0 aliphatic carbocycles. The molecule has 1 atom stereocenters. The van der Waals surface area contributed by atoms with Crippen LogP contribution >= 0.6 is 0 Å². The number of unbranched alkanes of at least 4 members (excludes halogenated alkanes) is 1. The van der Waals surface area contributed by atoms with E-state index in [2.05, 4.69) is 27.5 Å². The van der Waals surface area contributed by atoms with Gasteiger partial charge >= 0.3 is 0 Å². The van der Waals surface area contributed by atoms with Gasteiger partial charge in [0.15, 0.2) is 28.8 Å². The van der Waals surface area contributed by atoms with Gasteiger partial charge in [-0.25, -0.2) is 0 Å². The number of nitrogens with zero attached hydrogens (tertiary/aromatic N) is 6. The van der Waals surface area contributed by atoms with E-state index in [1.54, 1.807) is 9.20 Å². The summed E-state index contributed by atoms with van der Waals surface area (Å²) in [5, 5.41) is 20.6. The molecule has 5 rings (SSSR count). The Morgan fingerprint density at radius 1 is 1.06 bits per heavy atom. The minimum Gasteiger partial charge on any atom is -0.490 e. The molecule has 1 aliphatic heterocycles. The molecule has 10 nitrogen and oxygen atoms in total. The number of anilines is 1. The molecule has 0 bridgehead atoms. The molecular formula is C25H29N7O3. The predicted octanol–water partition coefficient (Wildman–Crippen LogP) is 3.98. The molecule has 0 saturated carbocycles. The zero-order valence-corrected chi connectivity index (χ0v) is 20.4. The Morgan fingerprint density at radius 3 is 2.71 bits per heavy atom. The number of fused-ring (bicyclic) bond motifs is 2. The number of hydrogen-bond acceptors (Lipinski definition) is 7. The molecule has 3 aromatic heterocycles. The van der Waals surface area contributed by atoms with Gasteiger partial charge in [0.1, 0.15) is 5.82 Å². The zero-order valence-electron chi connectivity index (χ0n) is 20.4. The molecule has 1 N–H and O–H groups in total. The molecule has 35 heavy (non-hydrogen) atoms. The summed E-state index contributed by atoms with van der Waals surface area (Å²) in [5.41, 5.74) is 3.42. The average molecular weight is 476 g/mol. The first-order valence-electron chi connectivity index (χ1n) is 12.0. The third kappa shape index (κ3) is 4.20. The van der Waals surface area contributed by atoms with Gasteiger partial charge in [-0.05, 0) is 57.0 Å². The van der Waals surface area contributed by atoms with Crippen LogP contribution in [0.4, 0.5) is 5.82 Å². The summed E-state index contributed by atoms with van der Waals surface area (Å²) < 4.78 is 15.2. The lowest BCUT2D eigenvalue weighted by molar-refractivity contribution is -0.116. The maximum atomic E-state index is 12.8. The van der Waals surface area contributed by atoms with E-state index in [4.69, 9.17) is 14.6 Å². The molecular weight excluding hydrogens is 446 g/mol. The number of aromatic nitrogens is 6. The Labute approximate surface area is 203 Å². The van der Waals surface area contributed by atoms with Crippen molar-refractivity contribution in [3.63, 3.8) is 0 Å². The lowest BCUT2D eigenvalue weighted by Crippen LogP contribution is -2.25. The number of carbonyl (C=O) groups is 1. The molecule has 182 valence electrons. The second-order valence-electron chi connectivity index (χ2n) is 8.61. The maximum Gasteiger partial charge on any atom is 0.226 e. The Bertz CT molecular complexity index is 1390. The lowest BCUT2D eigenvalue weighted by Gasteiger charge is -2.25. The van der Waals surface area contributed by atoms with Crippen LogP contribution in [0, 0.1) is 13.8 Å². The van der Waals surface area contributed by atoms with Crippen molar-refractivity contribution >= 4 is 17.4 Å². The minimum absolute atomic E-state index is 0.0774. The first kappa shape index (κ1) is 22.8. The fourth-order valence-corrected chi connectivity index (χ4v) is 4.45. The van der Waals surface area contributed by atoms with Crippen LogP contribution in [0.3, 0.4) is 0 Å². The molecule has 4 aromatic rings. The van der Waals surface area contributed by atoms with E-state index in [1.165, 1.54) is 0 Å². The molecule has 1 amide bonds. The summed E-state index contributed by atoms with van der Waals surface area (Å²) in [6.45, 7) is 9.03. The normalized spacial score (nSPS) is 15.2. The topological polar surface area (TPSA) is 108 Å². The summed E-state index contributed by atoms with van der Waals surface area (Å²) in [6, 6.07) is 9.59. The fourth-order valence-electron chi connectivity index (χ4n) is 4.45. The Hall–Kier alpha value is -3.95. The van der Waals surface area contributed by atoms with Crippen molar-refractivity contribution in [2.45, 2.75) is 52.9 Å². The van der Waals surface area contributed by atoms with E-state index in [0.29, 0.717) is 48.5 Å². The first-order valence-corrected chi connectivity index (χ1v) is 12.0. The number of ether oxygens (including phenoxy) is 2. The van der Waals surface area contributed by atoms with Gasteiger partial charge in [0, 0.05) is 17.9 Å². The summed E-state index contributed by atoms with van der Waals surface area (Å²) in [6.07, 6.45) is 2.36. The van der Waals surface area contributed by atoms with E-state index >= 15 is 0 Å². The number of benzene rings is 1. The van der Waals surface area contributed by atoms with Crippen LogP contribution < -0.4 is 14.8 Å². The van der Waals surface area contributed by atoms with Crippen molar-refractivity contribution in [3.8, 4) is 17.3 Å². The van der Waals surface area contributed by atoms with Gasteiger partial charge in [0.2, 0.25) is 5.91 Å². The largest absolute Gasteiger partial charge is 0.490 e. The Morgan fingerprint density at radius 2 is 1.91 bits per heavy atom. The quantitative estimate of drug-likeness (QED) is 0.384. The number of hydrogen-bond donors (Lipinski definition) is 1. The number of rotatable bonds is 8. The fraction of sp³-hybridized carbons (Fsp3) is 0.400. The van der Waals surface area contributed by atoms with Crippen molar-refractivity contribution in [1.29, 1.82) is 0 Å². The highest BCUT2D eigenvalue weighted by atomic mass is 16.5. The van der Waals surface area contributed by atoms with Crippen molar-refractivity contribution in [2.24, 2.45) is 0 Å².